The molecule has 0 saturated carbocycles. The van der Waals surface area contributed by atoms with Gasteiger partial charge in [0.2, 0.25) is 0 Å². The molecule has 6 heteroatoms. The lowest BCUT2D eigenvalue weighted by Gasteiger charge is -2.04. The van der Waals surface area contributed by atoms with Crippen molar-refractivity contribution in [2.45, 2.75) is 19.9 Å². The lowest BCUT2D eigenvalue weighted by atomic mass is 10.3. The SMILES string of the molecule is Cc1c(N)nsc1NCCCn1cccn1. The van der Waals surface area contributed by atoms with Crippen molar-refractivity contribution in [2.75, 3.05) is 17.6 Å². The summed E-state index contributed by atoms with van der Waals surface area (Å²) in [7, 11) is 0. The topological polar surface area (TPSA) is 68.8 Å². The van der Waals surface area contributed by atoms with Gasteiger partial charge in [0, 0.05) is 31.0 Å². The summed E-state index contributed by atoms with van der Waals surface area (Å²) < 4.78 is 6.01. The molecule has 2 aromatic heterocycles. The lowest BCUT2D eigenvalue weighted by molar-refractivity contribution is 0.592. The van der Waals surface area contributed by atoms with E-state index in [0.717, 1.165) is 30.1 Å². The highest BCUT2D eigenvalue weighted by Gasteiger charge is 2.04. The molecular weight excluding hydrogens is 222 g/mol. The first kappa shape index (κ1) is 10.9. The maximum Gasteiger partial charge on any atom is 0.142 e. The van der Waals surface area contributed by atoms with Crippen molar-refractivity contribution >= 4 is 22.4 Å². The number of nitrogens with zero attached hydrogens (tertiary/aromatic N) is 3. The quantitative estimate of drug-likeness (QED) is 0.777. The van der Waals surface area contributed by atoms with Crippen LogP contribution in [0.4, 0.5) is 10.8 Å². The van der Waals surface area contributed by atoms with Crippen LogP contribution in [0.15, 0.2) is 18.5 Å². The molecule has 0 saturated heterocycles. The first-order chi connectivity index (χ1) is 7.77. The third-order valence-electron chi connectivity index (χ3n) is 2.37. The zero-order chi connectivity index (χ0) is 11.4. The Morgan fingerprint density at radius 2 is 2.44 bits per heavy atom. The maximum atomic E-state index is 5.67. The molecule has 2 aromatic rings. The Bertz CT molecular complexity index is 434. The van der Waals surface area contributed by atoms with Crippen LogP contribution in [0.25, 0.3) is 0 Å². The van der Waals surface area contributed by atoms with Gasteiger partial charge >= 0.3 is 0 Å². The average molecular weight is 237 g/mol. The second-order valence-electron chi connectivity index (χ2n) is 3.57. The number of aryl methyl sites for hydroxylation is 1. The zero-order valence-corrected chi connectivity index (χ0v) is 10.00. The third-order valence-corrected chi connectivity index (χ3v) is 3.29. The molecule has 0 aliphatic heterocycles. The average Bonchev–Trinajstić information content (AvgIpc) is 2.88. The number of hydrogen-bond donors (Lipinski definition) is 2. The van der Waals surface area contributed by atoms with E-state index in [9.17, 15) is 0 Å². The Labute approximate surface area is 98.4 Å². The van der Waals surface area contributed by atoms with Crippen molar-refractivity contribution in [3.8, 4) is 0 Å². The van der Waals surface area contributed by atoms with Gasteiger partial charge in [0.25, 0.3) is 0 Å². The number of hydrogen-bond acceptors (Lipinski definition) is 5. The van der Waals surface area contributed by atoms with Crippen LogP contribution in [0, 0.1) is 6.92 Å². The Hall–Kier alpha value is -1.56. The van der Waals surface area contributed by atoms with Crippen LogP contribution >= 0.6 is 11.5 Å². The predicted molar refractivity (Wildman–Crippen MR) is 66.6 cm³/mol. The Balaban J connectivity index is 1.74. The number of anilines is 2. The fourth-order valence-corrected chi connectivity index (χ4v) is 2.12. The van der Waals surface area contributed by atoms with E-state index in [1.54, 1.807) is 6.20 Å². The molecule has 0 bridgehead atoms. The van der Waals surface area contributed by atoms with Crippen LogP contribution in [0.1, 0.15) is 12.0 Å². The number of rotatable bonds is 5. The first-order valence-electron chi connectivity index (χ1n) is 5.20. The highest BCUT2D eigenvalue weighted by atomic mass is 32.1. The molecule has 0 unspecified atom stereocenters. The summed E-state index contributed by atoms with van der Waals surface area (Å²) in [6, 6.07) is 1.93. The normalized spacial score (nSPS) is 10.6. The molecule has 0 aliphatic rings. The minimum Gasteiger partial charge on any atom is -0.383 e. The van der Waals surface area contributed by atoms with Gasteiger partial charge in [-0.05, 0) is 30.9 Å². The highest BCUT2D eigenvalue weighted by Crippen LogP contribution is 2.24. The Morgan fingerprint density at radius 1 is 1.56 bits per heavy atom. The first-order valence-corrected chi connectivity index (χ1v) is 5.98. The van der Waals surface area contributed by atoms with Crippen LogP contribution in [-0.4, -0.2) is 20.7 Å². The second kappa shape index (κ2) is 4.98. The molecule has 2 heterocycles. The molecule has 0 spiro atoms. The van der Waals surface area contributed by atoms with Crippen LogP contribution in [0.5, 0.6) is 0 Å². The molecule has 16 heavy (non-hydrogen) atoms. The molecular formula is C10H15N5S. The summed E-state index contributed by atoms with van der Waals surface area (Å²) in [6.07, 6.45) is 4.79. The monoisotopic (exact) mass is 237 g/mol. The molecule has 0 atom stereocenters. The Kier molecular flexibility index (Phi) is 3.40. The fourth-order valence-electron chi connectivity index (χ4n) is 1.39. The summed E-state index contributed by atoms with van der Waals surface area (Å²) in [5.41, 5.74) is 6.71. The maximum absolute atomic E-state index is 5.67. The van der Waals surface area contributed by atoms with E-state index in [1.165, 1.54) is 11.5 Å². The smallest absolute Gasteiger partial charge is 0.142 e. The van der Waals surface area contributed by atoms with E-state index >= 15 is 0 Å². The fraction of sp³-hybridized carbons (Fsp3) is 0.400. The molecule has 0 amide bonds. The molecule has 0 radical (unpaired) electrons. The minimum atomic E-state index is 0.625. The van der Waals surface area contributed by atoms with Gasteiger partial charge in [-0.15, -0.1) is 0 Å². The standard InChI is InChI=1S/C10H15N5S/c1-8-9(11)14-16-10(8)12-4-2-6-15-7-3-5-13-15/h3,5,7,12H,2,4,6H2,1H3,(H2,11,14). The summed E-state index contributed by atoms with van der Waals surface area (Å²) in [5, 5.41) is 8.54. The van der Waals surface area contributed by atoms with Crippen molar-refractivity contribution in [2.24, 2.45) is 0 Å². The van der Waals surface area contributed by atoms with E-state index < -0.39 is 0 Å². The molecule has 3 N–H and O–H groups in total. The molecule has 0 aromatic carbocycles. The largest absolute Gasteiger partial charge is 0.383 e. The van der Waals surface area contributed by atoms with Gasteiger partial charge in [0.15, 0.2) is 0 Å². The van der Waals surface area contributed by atoms with Crippen molar-refractivity contribution < 1.29 is 0 Å². The van der Waals surface area contributed by atoms with Crippen molar-refractivity contribution in [1.29, 1.82) is 0 Å². The number of aromatic nitrogens is 3. The molecule has 0 fully saturated rings. The number of nitrogen functional groups attached to an aromatic ring is 1. The van der Waals surface area contributed by atoms with E-state index in [0.29, 0.717) is 5.82 Å². The van der Waals surface area contributed by atoms with Crippen LogP contribution in [-0.2, 0) is 6.54 Å². The highest BCUT2D eigenvalue weighted by molar-refractivity contribution is 7.10. The second-order valence-corrected chi connectivity index (χ2v) is 4.34. The molecule has 0 aliphatic carbocycles. The van der Waals surface area contributed by atoms with Gasteiger partial charge in [-0.3, -0.25) is 4.68 Å². The van der Waals surface area contributed by atoms with Crippen LogP contribution < -0.4 is 11.1 Å². The van der Waals surface area contributed by atoms with Crippen molar-refractivity contribution in [1.82, 2.24) is 14.2 Å². The van der Waals surface area contributed by atoms with Gasteiger partial charge in [0.1, 0.15) is 10.8 Å². The van der Waals surface area contributed by atoms with E-state index in [-0.39, 0.29) is 0 Å². The van der Waals surface area contributed by atoms with Gasteiger partial charge in [-0.25, -0.2) is 0 Å². The van der Waals surface area contributed by atoms with Crippen molar-refractivity contribution in [3.05, 3.63) is 24.0 Å². The third kappa shape index (κ3) is 2.52. The summed E-state index contributed by atoms with van der Waals surface area (Å²) in [6.45, 7) is 3.81. The lowest BCUT2D eigenvalue weighted by Crippen LogP contribution is -2.06. The number of nitrogens with one attached hydrogen (secondary N) is 1. The molecule has 2 rings (SSSR count). The van der Waals surface area contributed by atoms with Crippen LogP contribution in [0.3, 0.4) is 0 Å². The van der Waals surface area contributed by atoms with Gasteiger partial charge in [0.05, 0.1) is 0 Å². The number of nitrogens with two attached hydrogens (primary N) is 1. The summed E-state index contributed by atoms with van der Waals surface area (Å²) in [4.78, 5) is 0. The van der Waals surface area contributed by atoms with Crippen molar-refractivity contribution in [3.63, 3.8) is 0 Å². The molecule has 86 valence electrons. The van der Waals surface area contributed by atoms with E-state index in [1.807, 2.05) is 23.9 Å². The minimum absolute atomic E-state index is 0.625. The summed E-state index contributed by atoms with van der Waals surface area (Å²) in [5.74, 6) is 0.625. The molecule has 5 nitrogen and oxygen atoms in total. The van der Waals surface area contributed by atoms with E-state index in [4.69, 9.17) is 5.73 Å². The van der Waals surface area contributed by atoms with Crippen LogP contribution in [0.2, 0.25) is 0 Å². The zero-order valence-electron chi connectivity index (χ0n) is 9.18. The van der Waals surface area contributed by atoms with Gasteiger partial charge < -0.3 is 11.1 Å². The Morgan fingerprint density at radius 3 is 3.06 bits per heavy atom. The van der Waals surface area contributed by atoms with Gasteiger partial charge in [-0.2, -0.15) is 9.47 Å². The summed E-state index contributed by atoms with van der Waals surface area (Å²) >= 11 is 1.42. The predicted octanol–water partition coefficient (Wildman–Crippen LogP) is 1.73. The van der Waals surface area contributed by atoms with Gasteiger partial charge in [-0.1, -0.05) is 0 Å². The van der Waals surface area contributed by atoms with E-state index in [2.05, 4.69) is 14.8 Å².